The first kappa shape index (κ1) is 19.4. The van der Waals surface area contributed by atoms with Crippen molar-refractivity contribution in [2.24, 2.45) is 5.10 Å². The van der Waals surface area contributed by atoms with Crippen LogP contribution in [0.4, 0.5) is 5.69 Å². The third-order valence-electron chi connectivity index (χ3n) is 3.91. The van der Waals surface area contributed by atoms with E-state index in [0.29, 0.717) is 6.42 Å². The van der Waals surface area contributed by atoms with Crippen molar-refractivity contribution in [3.05, 3.63) is 65.7 Å². The first-order valence-electron chi connectivity index (χ1n) is 8.81. The van der Waals surface area contributed by atoms with Crippen molar-refractivity contribution in [3.8, 4) is 0 Å². The Hall–Kier alpha value is -2.95. The maximum atomic E-state index is 11.9. The van der Waals surface area contributed by atoms with Crippen molar-refractivity contribution >= 4 is 23.2 Å². The molecule has 5 heteroatoms. The van der Waals surface area contributed by atoms with Crippen LogP contribution in [0.15, 0.2) is 59.7 Å². The van der Waals surface area contributed by atoms with Crippen molar-refractivity contribution in [2.75, 3.05) is 5.32 Å². The molecule has 0 fully saturated rings. The van der Waals surface area contributed by atoms with Crippen molar-refractivity contribution in [1.82, 2.24) is 5.43 Å². The predicted octanol–water partition coefficient (Wildman–Crippen LogP) is 3.84. The molecule has 0 aromatic heterocycles. The number of hydrogen-bond donors (Lipinski definition) is 2. The van der Waals surface area contributed by atoms with Crippen LogP contribution in [0.2, 0.25) is 0 Å². The SMILES string of the molecule is CCC(Cc1ccccc1)=NNC(=O)CCC(=O)Nc1ccc(C)cc1. The quantitative estimate of drug-likeness (QED) is 0.560. The molecule has 0 spiro atoms. The highest BCUT2D eigenvalue weighted by atomic mass is 16.2. The third kappa shape index (κ3) is 6.89. The van der Waals surface area contributed by atoms with E-state index < -0.39 is 0 Å². The highest BCUT2D eigenvalue weighted by molar-refractivity contribution is 5.93. The number of rotatable bonds is 8. The maximum Gasteiger partial charge on any atom is 0.240 e. The number of hydrazone groups is 1. The van der Waals surface area contributed by atoms with E-state index in [-0.39, 0.29) is 24.7 Å². The van der Waals surface area contributed by atoms with Crippen molar-refractivity contribution in [1.29, 1.82) is 0 Å². The van der Waals surface area contributed by atoms with E-state index in [1.165, 1.54) is 0 Å². The summed E-state index contributed by atoms with van der Waals surface area (Å²) in [6.45, 7) is 3.99. The summed E-state index contributed by atoms with van der Waals surface area (Å²) in [6.07, 6.45) is 1.67. The van der Waals surface area contributed by atoms with Gasteiger partial charge in [-0.2, -0.15) is 5.10 Å². The highest BCUT2D eigenvalue weighted by Crippen LogP contribution is 2.09. The van der Waals surface area contributed by atoms with Gasteiger partial charge in [0.2, 0.25) is 11.8 Å². The van der Waals surface area contributed by atoms with E-state index >= 15 is 0 Å². The lowest BCUT2D eigenvalue weighted by Crippen LogP contribution is -2.22. The Kier molecular flexibility index (Phi) is 7.55. The summed E-state index contributed by atoms with van der Waals surface area (Å²) in [7, 11) is 0. The summed E-state index contributed by atoms with van der Waals surface area (Å²) < 4.78 is 0. The van der Waals surface area contributed by atoms with Gasteiger partial charge < -0.3 is 5.32 Å². The molecule has 2 aromatic carbocycles. The van der Waals surface area contributed by atoms with Crippen LogP contribution in [0.25, 0.3) is 0 Å². The molecule has 2 amide bonds. The van der Waals surface area contributed by atoms with Gasteiger partial charge in [-0.15, -0.1) is 0 Å². The minimum absolute atomic E-state index is 0.101. The van der Waals surface area contributed by atoms with Gasteiger partial charge in [0, 0.05) is 30.7 Å². The van der Waals surface area contributed by atoms with E-state index in [2.05, 4.69) is 15.8 Å². The number of aryl methyl sites for hydroxylation is 1. The minimum Gasteiger partial charge on any atom is -0.326 e. The molecule has 0 unspecified atom stereocenters. The monoisotopic (exact) mass is 351 g/mol. The van der Waals surface area contributed by atoms with Crippen LogP contribution in [0.3, 0.4) is 0 Å². The van der Waals surface area contributed by atoms with Gasteiger partial charge in [-0.1, -0.05) is 55.0 Å². The minimum atomic E-state index is -0.261. The van der Waals surface area contributed by atoms with Crippen molar-refractivity contribution < 1.29 is 9.59 Å². The lowest BCUT2D eigenvalue weighted by molar-refractivity contribution is -0.124. The molecule has 2 rings (SSSR count). The fourth-order valence-corrected chi connectivity index (χ4v) is 2.36. The summed E-state index contributed by atoms with van der Waals surface area (Å²) >= 11 is 0. The average Bonchev–Trinajstić information content (AvgIpc) is 2.66. The van der Waals surface area contributed by atoms with Gasteiger partial charge in [0.15, 0.2) is 0 Å². The molecule has 5 nitrogen and oxygen atoms in total. The van der Waals surface area contributed by atoms with Crippen molar-refractivity contribution in [2.45, 2.75) is 39.5 Å². The molecule has 0 aliphatic heterocycles. The molecular weight excluding hydrogens is 326 g/mol. The molecule has 2 aromatic rings. The lowest BCUT2D eigenvalue weighted by Gasteiger charge is -2.07. The van der Waals surface area contributed by atoms with Crippen LogP contribution in [0.1, 0.15) is 37.3 Å². The average molecular weight is 351 g/mol. The Morgan fingerprint density at radius 1 is 0.923 bits per heavy atom. The van der Waals surface area contributed by atoms with Crippen LogP contribution < -0.4 is 10.7 Å². The Morgan fingerprint density at radius 3 is 2.23 bits per heavy atom. The van der Waals surface area contributed by atoms with Crippen LogP contribution in [-0.2, 0) is 16.0 Å². The Bertz CT molecular complexity index is 753. The normalized spacial score (nSPS) is 11.1. The number of carbonyl (C=O) groups is 2. The van der Waals surface area contributed by atoms with E-state index in [9.17, 15) is 9.59 Å². The number of nitrogens with one attached hydrogen (secondary N) is 2. The van der Waals surface area contributed by atoms with Gasteiger partial charge in [0.05, 0.1) is 0 Å². The topological polar surface area (TPSA) is 70.6 Å². The number of hydrogen-bond acceptors (Lipinski definition) is 3. The molecule has 0 atom stereocenters. The number of nitrogens with zero attached hydrogens (tertiary/aromatic N) is 1. The molecule has 0 saturated heterocycles. The number of benzene rings is 2. The van der Waals surface area contributed by atoms with Gasteiger partial charge in [-0.25, -0.2) is 5.43 Å². The van der Waals surface area contributed by atoms with Crippen LogP contribution in [0.5, 0.6) is 0 Å². The van der Waals surface area contributed by atoms with Crippen LogP contribution in [0, 0.1) is 6.92 Å². The van der Waals surface area contributed by atoms with Gasteiger partial charge >= 0.3 is 0 Å². The fraction of sp³-hybridized carbons (Fsp3) is 0.286. The molecule has 0 heterocycles. The van der Waals surface area contributed by atoms with Crippen LogP contribution in [-0.4, -0.2) is 17.5 Å². The van der Waals surface area contributed by atoms with Gasteiger partial charge in [-0.05, 0) is 31.0 Å². The second-order valence-electron chi connectivity index (χ2n) is 6.14. The molecule has 0 bridgehead atoms. The predicted molar refractivity (Wildman–Crippen MR) is 105 cm³/mol. The summed E-state index contributed by atoms with van der Waals surface area (Å²) in [5, 5.41) is 6.97. The number of anilines is 1. The molecular formula is C21H25N3O2. The molecule has 0 saturated carbocycles. The number of carbonyl (C=O) groups excluding carboxylic acids is 2. The van der Waals surface area contributed by atoms with E-state index in [1.807, 2.05) is 68.4 Å². The largest absolute Gasteiger partial charge is 0.326 e. The number of amides is 2. The first-order chi connectivity index (χ1) is 12.6. The molecule has 2 N–H and O–H groups in total. The standard InChI is InChI=1S/C21H25N3O2/c1-3-18(15-17-7-5-4-6-8-17)23-24-21(26)14-13-20(25)22-19-11-9-16(2)10-12-19/h4-12H,3,13-15H2,1-2H3,(H,22,25)(H,24,26). The zero-order chi connectivity index (χ0) is 18.8. The smallest absolute Gasteiger partial charge is 0.240 e. The highest BCUT2D eigenvalue weighted by Gasteiger charge is 2.07. The zero-order valence-corrected chi connectivity index (χ0v) is 15.3. The Morgan fingerprint density at radius 2 is 1.58 bits per heavy atom. The Labute approximate surface area is 154 Å². The molecule has 136 valence electrons. The van der Waals surface area contributed by atoms with E-state index in [4.69, 9.17) is 0 Å². The molecule has 0 aliphatic carbocycles. The summed E-state index contributed by atoms with van der Waals surface area (Å²) in [4.78, 5) is 23.8. The zero-order valence-electron chi connectivity index (χ0n) is 15.3. The lowest BCUT2D eigenvalue weighted by atomic mass is 10.1. The third-order valence-corrected chi connectivity index (χ3v) is 3.91. The second kappa shape index (κ2) is 10.1. The van der Waals surface area contributed by atoms with Gasteiger partial charge in [0.25, 0.3) is 0 Å². The molecule has 26 heavy (non-hydrogen) atoms. The Balaban J connectivity index is 1.76. The van der Waals surface area contributed by atoms with E-state index in [1.54, 1.807) is 0 Å². The molecule has 0 radical (unpaired) electrons. The van der Waals surface area contributed by atoms with Crippen LogP contribution >= 0.6 is 0 Å². The fourth-order valence-electron chi connectivity index (χ4n) is 2.36. The second-order valence-corrected chi connectivity index (χ2v) is 6.14. The van der Waals surface area contributed by atoms with Crippen molar-refractivity contribution in [3.63, 3.8) is 0 Å². The summed E-state index contributed by atoms with van der Waals surface area (Å²) in [6, 6.07) is 17.5. The van der Waals surface area contributed by atoms with Gasteiger partial charge in [-0.3, -0.25) is 9.59 Å². The molecule has 0 aliphatic rings. The van der Waals surface area contributed by atoms with Gasteiger partial charge in [0.1, 0.15) is 0 Å². The van der Waals surface area contributed by atoms with E-state index in [0.717, 1.165) is 28.9 Å². The first-order valence-corrected chi connectivity index (χ1v) is 8.81. The summed E-state index contributed by atoms with van der Waals surface area (Å²) in [5.41, 5.74) is 6.46. The maximum absolute atomic E-state index is 11.9. The summed E-state index contributed by atoms with van der Waals surface area (Å²) in [5.74, 6) is -0.448.